The van der Waals surface area contributed by atoms with Crippen LogP contribution in [-0.4, -0.2) is 0 Å². The van der Waals surface area contributed by atoms with Crippen molar-refractivity contribution in [2.75, 3.05) is 0 Å². The number of benzene rings is 2. The maximum atomic E-state index is 12.5. The minimum absolute atomic E-state index is 0.375. The van der Waals surface area contributed by atoms with Crippen molar-refractivity contribution in [1.29, 1.82) is 0 Å². The number of halogens is 4. The van der Waals surface area contributed by atoms with Crippen LogP contribution in [0, 0.1) is 6.07 Å². The van der Waals surface area contributed by atoms with E-state index < -0.39 is 11.7 Å². The Morgan fingerprint density at radius 1 is 1.00 bits per heavy atom. The molecule has 0 bridgehead atoms. The number of alkyl halides is 3. The molecule has 4 heteroatoms. The van der Waals surface area contributed by atoms with Crippen molar-refractivity contribution < 1.29 is 13.2 Å². The van der Waals surface area contributed by atoms with Gasteiger partial charge in [0.25, 0.3) is 0 Å². The number of hydrogen-bond acceptors (Lipinski definition) is 0. The third-order valence-electron chi connectivity index (χ3n) is 2.29. The summed E-state index contributed by atoms with van der Waals surface area (Å²) in [5.41, 5.74) is 0.453. The monoisotopic (exact) mass is 255 g/mol. The molecule has 0 amide bonds. The molecule has 0 fully saturated rings. The Labute approximate surface area is 102 Å². The van der Waals surface area contributed by atoms with Gasteiger partial charge in [-0.1, -0.05) is 35.9 Å². The minimum Gasteiger partial charge on any atom is -0.166 e. The molecule has 0 unspecified atom stereocenters. The molecule has 0 heterocycles. The molecule has 0 nitrogen and oxygen atoms in total. The molecule has 87 valence electrons. The van der Waals surface area contributed by atoms with Crippen LogP contribution in [0.15, 0.2) is 42.5 Å². The third kappa shape index (κ3) is 2.80. The van der Waals surface area contributed by atoms with E-state index in [0.29, 0.717) is 16.1 Å². The number of rotatable bonds is 1. The smallest absolute Gasteiger partial charge is 0.166 e. The highest BCUT2D eigenvalue weighted by Crippen LogP contribution is 2.32. The summed E-state index contributed by atoms with van der Waals surface area (Å²) in [6.45, 7) is 0. The van der Waals surface area contributed by atoms with Crippen LogP contribution in [-0.2, 0) is 6.18 Å². The van der Waals surface area contributed by atoms with Gasteiger partial charge in [-0.15, -0.1) is 0 Å². The zero-order chi connectivity index (χ0) is 12.5. The fourth-order valence-electron chi connectivity index (χ4n) is 1.49. The fourth-order valence-corrected chi connectivity index (χ4v) is 1.67. The van der Waals surface area contributed by atoms with E-state index in [-0.39, 0.29) is 0 Å². The predicted octanol–water partition coefficient (Wildman–Crippen LogP) is 4.83. The highest BCUT2D eigenvalue weighted by molar-refractivity contribution is 6.30. The topological polar surface area (TPSA) is 0 Å². The summed E-state index contributed by atoms with van der Waals surface area (Å²) in [4.78, 5) is 0. The summed E-state index contributed by atoms with van der Waals surface area (Å²) in [7, 11) is 0. The molecule has 1 radical (unpaired) electrons. The molecular formula is C13H7ClF3. The van der Waals surface area contributed by atoms with Crippen molar-refractivity contribution in [3.05, 3.63) is 59.1 Å². The van der Waals surface area contributed by atoms with Crippen LogP contribution in [0.5, 0.6) is 0 Å². The molecule has 0 saturated carbocycles. The van der Waals surface area contributed by atoms with Crippen LogP contribution in [0.25, 0.3) is 11.1 Å². The molecule has 2 aromatic rings. The fraction of sp³-hybridized carbons (Fsp3) is 0.0769. The first-order valence-electron chi connectivity index (χ1n) is 4.82. The van der Waals surface area contributed by atoms with E-state index >= 15 is 0 Å². The average Bonchev–Trinajstić information content (AvgIpc) is 2.28. The van der Waals surface area contributed by atoms with Gasteiger partial charge < -0.3 is 0 Å². The summed E-state index contributed by atoms with van der Waals surface area (Å²) >= 11 is 5.75. The van der Waals surface area contributed by atoms with E-state index in [1.165, 1.54) is 6.07 Å². The van der Waals surface area contributed by atoms with E-state index in [1.54, 1.807) is 24.3 Å². The van der Waals surface area contributed by atoms with Gasteiger partial charge in [0.15, 0.2) is 0 Å². The minimum atomic E-state index is -4.33. The Morgan fingerprint density at radius 2 is 1.71 bits per heavy atom. The van der Waals surface area contributed by atoms with E-state index in [9.17, 15) is 13.2 Å². The molecule has 0 N–H and O–H groups in total. The average molecular weight is 256 g/mol. The molecule has 0 saturated heterocycles. The van der Waals surface area contributed by atoms with Gasteiger partial charge in [-0.25, -0.2) is 0 Å². The third-order valence-corrected chi connectivity index (χ3v) is 2.51. The van der Waals surface area contributed by atoms with Gasteiger partial charge in [0.05, 0.1) is 5.56 Å². The summed E-state index contributed by atoms with van der Waals surface area (Å²) in [5.74, 6) is 0. The second-order valence-electron chi connectivity index (χ2n) is 3.50. The molecular weight excluding hydrogens is 249 g/mol. The van der Waals surface area contributed by atoms with Gasteiger partial charge in [-0.3, -0.25) is 0 Å². The first-order chi connectivity index (χ1) is 7.97. The Hall–Kier alpha value is -1.48. The molecule has 17 heavy (non-hydrogen) atoms. The Morgan fingerprint density at radius 3 is 2.35 bits per heavy atom. The van der Waals surface area contributed by atoms with Crippen LogP contribution in [0.2, 0.25) is 5.02 Å². The second kappa shape index (κ2) is 4.41. The van der Waals surface area contributed by atoms with E-state index in [2.05, 4.69) is 6.07 Å². The Balaban J connectivity index is 2.47. The molecule has 0 spiro atoms. The van der Waals surface area contributed by atoms with Gasteiger partial charge in [0, 0.05) is 11.1 Å². The van der Waals surface area contributed by atoms with Crippen molar-refractivity contribution in [2.45, 2.75) is 6.18 Å². The SMILES string of the molecule is FC(F)(F)c1cccc(-c2cc[c]c(Cl)c2)c1. The standard InChI is InChI=1S/C13H7ClF3/c14-12-6-2-4-10(8-12)9-3-1-5-11(7-9)13(15,16)17/h1-5,7-8H. The zero-order valence-electron chi connectivity index (χ0n) is 8.55. The van der Waals surface area contributed by atoms with Crippen LogP contribution in [0.4, 0.5) is 13.2 Å². The van der Waals surface area contributed by atoms with Crippen LogP contribution < -0.4 is 0 Å². The van der Waals surface area contributed by atoms with Gasteiger partial charge in [0.2, 0.25) is 0 Å². The summed E-state index contributed by atoms with van der Waals surface area (Å²) < 4.78 is 37.6. The van der Waals surface area contributed by atoms with Gasteiger partial charge in [-0.05, 0) is 29.3 Å². The largest absolute Gasteiger partial charge is 0.416 e. The highest BCUT2D eigenvalue weighted by atomic mass is 35.5. The van der Waals surface area contributed by atoms with Crippen LogP contribution in [0.1, 0.15) is 5.56 Å². The molecule has 0 aromatic heterocycles. The first kappa shape index (κ1) is 12.0. The summed E-state index contributed by atoms with van der Waals surface area (Å²) in [6.07, 6.45) is -4.33. The first-order valence-corrected chi connectivity index (χ1v) is 5.19. The van der Waals surface area contributed by atoms with Gasteiger partial charge in [0.1, 0.15) is 0 Å². The van der Waals surface area contributed by atoms with Crippen LogP contribution >= 0.6 is 11.6 Å². The maximum absolute atomic E-state index is 12.5. The van der Waals surface area contributed by atoms with Crippen molar-refractivity contribution in [2.24, 2.45) is 0 Å². The number of hydrogen-bond donors (Lipinski definition) is 0. The molecule has 0 aliphatic heterocycles. The normalized spacial score (nSPS) is 11.5. The molecule has 2 rings (SSSR count). The molecule has 0 aliphatic rings. The van der Waals surface area contributed by atoms with Crippen LogP contribution in [0.3, 0.4) is 0 Å². The quantitative estimate of drug-likeness (QED) is 0.685. The highest BCUT2D eigenvalue weighted by Gasteiger charge is 2.30. The zero-order valence-corrected chi connectivity index (χ0v) is 9.31. The lowest BCUT2D eigenvalue weighted by Crippen LogP contribution is -2.04. The summed E-state index contributed by atoms with van der Waals surface area (Å²) in [6, 6.07) is 12.7. The van der Waals surface area contributed by atoms with Crippen molar-refractivity contribution >= 4 is 11.6 Å². The second-order valence-corrected chi connectivity index (χ2v) is 3.91. The van der Waals surface area contributed by atoms with Crippen molar-refractivity contribution in [1.82, 2.24) is 0 Å². The van der Waals surface area contributed by atoms with Gasteiger partial charge >= 0.3 is 6.18 Å². The van der Waals surface area contributed by atoms with Crippen molar-refractivity contribution in [3.8, 4) is 11.1 Å². The van der Waals surface area contributed by atoms with Gasteiger partial charge in [-0.2, -0.15) is 13.2 Å². The van der Waals surface area contributed by atoms with E-state index in [4.69, 9.17) is 11.6 Å². The molecule has 0 aliphatic carbocycles. The lowest BCUT2D eigenvalue weighted by atomic mass is 10.0. The Kier molecular flexibility index (Phi) is 3.11. The van der Waals surface area contributed by atoms with Crippen molar-refractivity contribution in [3.63, 3.8) is 0 Å². The Bertz CT molecular complexity index is 532. The lowest BCUT2D eigenvalue weighted by Gasteiger charge is -2.08. The molecule has 0 atom stereocenters. The maximum Gasteiger partial charge on any atom is 0.416 e. The van der Waals surface area contributed by atoms with E-state index in [0.717, 1.165) is 12.1 Å². The molecule has 2 aromatic carbocycles. The predicted molar refractivity (Wildman–Crippen MR) is 60.7 cm³/mol. The summed E-state index contributed by atoms with van der Waals surface area (Å²) in [5, 5.41) is 0.375. The lowest BCUT2D eigenvalue weighted by molar-refractivity contribution is -0.137. The van der Waals surface area contributed by atoms with E-state index in [1.807, 2.05) is 0 Å².